The van der Waals surface area contributed by atoms with Gasteiger partial charge >= 0.3 is 0 Å². The highest BCUT2D eigenvalue weighted by Gasteiger charge is 2.17. The molecule has 1 N–H and O–H groups in total. The van der Waals surface area contributed by atoms with Crippen molar-refractivity contribution in [1.82, 2.24) is 10.2 Å². The summed E-state index contributed by atoms with van der Waals surface area (Å²) in [4.78, 5) is 14.5. The molecule has 0 aliphatic rings. The van der Waals surface area contributed by atoms with Gasteiger partial charge in [-0.2, -0.15) is 0 Å². The number of hydrogen-bond donors (Lipinski definition) is 1. The van der Waals surface area contributed by atoms with Gasteiger partial charge in [-0.1, -0.05) is 49.4 Å². The minimum atomic E-state index is 0.0784. The van der Waals surface area contributed by atoms with Crippen LogP contribution in [0.3, 0.4) is 0 Å². The zero-order valence-electron chi connectivity index (χ0n) is 16.1. The van der Waals surface area contributed by atoms with Gasteiger partial charge in [0, 0.05) is 12.6 Å². The van der Waals surface area contributed by atoms with E-state index < -0.39 is 0 Å². The van der Waals surface area contributed by atoms with Gasteiger partial charge in [-0.25, -0.2) is 0 Å². The van der Waals surface area contributed by atoms with Crippen LogP contribution in [-0.2, 0) is 11.2 Å². The maximum atomic E-state index is 12.3. The Bertz CT molecular complexity index is 673. The smallest absolute Gasteiger partial charge is 0.234 e. The summed E-state index contributed by atoms with van der Waals surface area (Å²) in [6.45, 7) is 6.13. The van der Waals surface area contributed by atoms with E-state index >= 15 is 0 Å². The van der Waals surface area contributed by atoms with Crippen LogP contribution in [0, 0.1) is 0 Å². The molecular weight excluding hydrogens is 324 g/mol. The average molecular weight is 354 g/mol. The number of carbonyl (C=O) groups excluding carboxylic acids is 1. The van der Waals surface area contributed by atoms with Gasteiger partial charge in [0.05, 0.1) is 13.7 Å². The summed E-state index contributed by atoms with van der Waals surface area (Å²) in [7, 11) is 1.67. The van der Waals surface area contributed by atoms with E-state index in [1.165, 1.54) is 5.56 Å². The van der Waals surface area contributed by atoms with Crippen LogP contribution >= 0.6 is 0 Å². The molecule has 0 fully saturated rings. The molecular formula is C22H30N2O2. The Morgan fingerprint density at radius 3 is 2.62 bits per heavy atom. The highest BCUT2D eigenvalue weighted by Crippen LogP contribution is 2.23. The van der Waals surface area contributed by atoms with Crippen molar-refractivity contribution in [2.24, 2.45) is 0 Å². The largest absolute Gasteiger partial charge is 0.497 e. The second-order valence-corrected chi connectivity index (χ2v) is 6.45. The SMILES string of the molecule is CCN(CC(=O)NCCCc1ccccc1)C(C)c1cccc(OC)c1. The van der Waals surface area contributed by atoms with Crippen molar-refractivity contribution >= 4 is 5.91 Å². The highest BCUT2D eigenvalue weighted by atomic mass is 16.5. The van der Waals surface area contributed by atoms with Crippen LogP contribution < -0.4 is 10.1 Å². The number of rotatable bonds is 10. The zero-order valence-corrected chi connectivity index (χ0v) is 16.1. The highest BCUT2D eigenvalue weighted by molar-refractivity contribution is 5.78. The first-order valence-corrected chi connectivity index (χ1v) is 9.32. The van der Waals surface area contributed by atoms with Crippen molar-refractivity contribution in [3.05, 3.63) is 65.7 Å². The fraction of sp³-hybridized carbons (Fsp3) is 0.409. The van der Waals surface area contributed by atoms with Gasteiger partial charge in [0.1, 0.15) is 5.75 Å². The quantitative estimate of drug-likeness (QED) is 0.660. The van der Waals surface area contributed by atoms with Crippen LogP contribution in [0.2, 0.25) is 0 Å². The van der Waals surface area contributed by atoms with E-state index in [0.717, 1.165) is 30.7 Å². The number of amides is 1. The molecule has 0 aromatic heterocycles. The normalized spacial score (nSPS) is 12.0. The van der Waals surface area contributed by atoms with Crippen molar-refractivity contribution < 1.29 is 9.53 Å². The molecule has 1 atom stereocenters. The number of methoxy groups -OCH3 is 1. The summed E-state index contributed by atoms with van der Waals surface area (Å²) in [5, 5.41) is 3.04. The lowest BCUT2D eigenvalue weighted by Gasteiger charge is -2.27. The van der Waals surface area contributed by atoms with E-state index in [4.69, 9.17) is 4.74 Å². The molecule has 140 valence electrons. The van der Waals surface area contributed by atoms with Crippen LogP contribution in [0.15, 0.2) is 54.6 Å². The lowest BCUT2D eigenvalue weighted by molar-refractivity contribution is -0.122. The predicted octanol–water partition coefficient (Wildman–Crippen LogP) is 3.83. The van der Waals surface area contributed by atoms with Crippen LogP contribution in [0.5, 0.6) is 5.75 Å². The standard InChI is InChI=1S/C22H30N2O2/c1-4-24(18(2)20-13-8-14-21(16-20)26-3)17-22(25)23-15-9-12-19-10-6-5-7-11-19/h5-8,10-11,13-14,16,18H,4,9,12,15,17H2,1-3H3,(H,23,25). The molecule has 26 heavy (non-hydrogen) atoms. The van der Waals surface area contributed by atoms with Crippen molar-refractivity contribution in [3.8, 4) is 5.75 Å². The molecule has 0 spiro atoms. The fourth-order valence-electron chi connectivity index (χ4n) is 3.04. The number of nitrogens with one attached hydrogen (secondary N) is 1. The first-order valence-electron chi connectivity index (χ1n) is 9.32. The summed E-state index contributed by atoms with van der Waals surface area (Å²) in [5.74, 6) is 0.922. The zero-order chi connectivity index (χ0) is 18.8. The Labute approximate surface area is 157 Å². The van der Waals surface area contributed by atoms with Gasteiger partial charge in [0.25, 0.3) is 0 Å². The third-order valence-electron chi connectivity index (χ3n) is 4.68. The van der Waals surface area contributed by atoms with Crippen LogP contribution in [0.4, 0.5) is 0 Å². The summed E-state index contributed by atoms with van der Waals surface area (Å²) < 4.78 is 5.30. The van der Waals surface area contributed by atoms with Gasteiger partial charge in [0.2, 0.25) is 5.91 Å². The van der Waals surface area contributed by atoms with Gasteiger partial charge in [-0.3, -0.25) is 9.69 Å². The molecule has 4 nitrogen and oxygen atoms in total. The Hall–Kier alpha value is -2.33. The molecule has 2 aromatic carbocycles. The fourth-order valence-corrected chi connectivity index (χ4v) is 3.04. The van der Waals surface area contributed by atoms with Crippen molar-refractivity contribution in [2.75, 3.05) is 26.7 Å². The van der Waals surface area contributed by atoms with Gasteiger partial charge in [-0.15, -0.1) is 0 Å². The van der Waals surface area contributed by atoms with Crippen molar-refractivity contribution in [2.45, 2.75) is 32.7 Å². The Morgan fingerprint density at radius 2 is 1.92 bits per heavy atom. The molecule has 0 heterocycles. The number of nitrogens with zero attached hydrogens (tertiary/aromatic N) is 1. The maximum absolute atomic E-state index is 12.3. The monoisotopic (exact) mass is 354 g/mol. The molecule has 1 amide bonds. The molecule has 1 unspecified atom stereocenters. The third-order valence-corrected chi connectivity index (χ3v) is 4.68. The second-order valence-electron chi connectivity index (χ2n) is 6.45. The molecule has 0 bridgehead atoms. The molecule has 0 saturated carbocycles. The van der Waals surface area contributed by atoms with Gasteiger partial charge < -0.3 is 10.1 Å². The molecule has 0 radical (unpaired) electrons. The molecule has 4 heteroatoms. The molecule has 2 rings (SSSR count). The number of hydrogen-bond acceptors (Lipinski definition) is 3. The minimum absolute atomic E-state index is 0.0784. The van der Waals surface area contributed by atoms with E-state index in [0.29, 0.717) is 13.1 Å². The summed E-state index contributed by atoms with van der Waals surface area (Å²) in [5.41, 5.74) is 2.46. The number of aryl methyl sites for hydroxylation is 1. The maximum Gasteiger partial charge on any atom is 0.234 e. The first-order chi connectivity index (χ1) is 12.6. The summed E-state index contributed by atoms with van der Waals surface area (Å²) in [6.07, 6.45) is 1.94. The minimum Gasteiger partial charge on any atom is -0.497 e. The van der Waals surface area contributed by atoms with E-state index in [2.05, 4.69) is 42.3 Å². The Balaban J connectivity index is 1.79. The summed E-state index contributed by atoms with van der Waals surface area (Å²) >= 11 is 0. The molecule has 0 aliphatic carbocycles. The number of benzene rings is 2. The molecule has 0 saturated heterocycles. The lowest BCUT2D eigenvalue weighted by Crippen LogP contribution is -2.38. The van der Waals surface area contributed by atoms with Gasteiger partial charge in [-0.05, 0) is 49.6 Å². The summed E-state index contributed by atoms with van der Waals surface area (Å²) in [6, 6.07) is 18.6. The van der Waals surface area contributed by atoms with Crippen LogP contribution in [-0.4, -0.2) is 37.6 Å². The van der Waals surface area contributed by atoms with E-state index in [9.17, 15) is 4.79 Å². The number of likely N-dealkylation sites (N-methyl/N-ethyl adjacent to an activating group) is 1. The number of ether oxygens (including phenoxy) is 1. The van der Waals surface area contributed by atoms with Crippen molar-refractivity contribution in [1.29, 1.82) is 0 Å². The Kier molecular flexibility index (Phi) is 8.16. The van der Waals surface area contributed by atoms with E-state index in [-0.39, 0.29) is 11.9 Å². The topological polar surface area (TPSA) is 41.6 Å². The van der Waals surface area contributed by atoms with Crippen LogP contribution in [0.25, 0.3) is 0 Å². The second kappa shape index (κ2) is 10.6. The van der Waals surface area contributed by atoms with Crippen molar-refractivity contribution in [3.63, 3.8) is 0 Å². The van der Waals surface area contributed by atoms with Gasteiger partial charge in [0.15, 0.2) is 0 Å². The predicted molar refractivity (Wildman–Crippen MR) is 106 cm³/mol. The third kappa shape index (κ3) is 6.19. The molecule has 0 aliphatic heterocycles. The van der Waals surface area contributed by atoms with E-state index in [1.54, 1.807) is 7.11 Å². The lowest BCUT2D eigenvalue weighted by atomic mass is 10.1. The van der Waals surface area contributed by atoms with Crippen LogP contribution in [0.1, 0.15) is 37.4 Å². The Morgan fingerprint density at radius 1 is 1.15 bits per heavy atom. The van der Waals surface area contributed by atoms with E-state index in [1.807, 2.05) is 36.4 Å². The average Bonchev–Trinajstić information content (AvgIpc) is 2.69. The molecule has 2 aromatic rings. The first kappa shape index (κ1) is 20.0. The number of carbonyl (C=O) groups is 1.